The maximum absolute atomic E-state index is 12.0. The van der Waals surface area contributed by atoms with E-state index in [9.17, 15) is 4.79 Å². The summed E-state index contributed by atoms with van der Waals surface area (Å²) in [5, 5.41) is 8.92. The molecule has 0 radical (unpaired) electrons. The highest BCUT2D eigenvalue weighted by Crippen LogP contribution is 2.27. The zero-order valence-electron chi connectivity index (χ0n) is 11.0. The van der Waals surface area contributed by atoms with E-state index < -0.39 is 0 Å². The monoisotopic (exact) mass is 265 g/mol. The molecule has 0 aliphatic rings. The Morgan fingerprint density at radius 2 is 2.00 bits per heavy atom. The van der Waals surface area contributed by atoms with Crippen LogP contribution in [-0.4, -0.2) is 15.0 Å². The molecule has 0 saturated heterocycles. The fraction of sp³-hybridized carbons (Fsp3) is 0.462. The van der Waals surface area contributed by atoms with Crippen molar-refractivity contribution in [1.29, 1.82) is 0 Å². The van der Waals surface area contributed by atoms with Crippen molar-refractivity contribution in [3.05, 3.63) is 33.1 Å². The molecule has 0 bridgehead atoms. The minimum Gasteiger partial charge on any atom is -0.267 e. The highest BCUT2D eigenvalue weighted by atomic mass is 35.5. The summed E-state index contributed by atoms with van der Waals surface area (Å²) in [5.41, 5.74) is 1.48. The van der Waals surface area contributed by atoms with E-state index in [1.807, 2.05) is 6.07 Å². The van der Waals surface area contributed by atoms with E-state index in [2.05, 4.69) is 31.1 Å². The Kier molecular flexibility index (Phi) is 3.15. The zero-order chi connectivity index (χ0) is 13.5. The largest absolute Gasteiger partial charge is 0.277 e. The molecule has 1 aromatic carbocycles. The van der Waals surface area contributed by atoms with Gasteiger partial charge >= 0.3 is 0 Å². The lowest BCUT2D eigenvalue weighted by Crippen LogP contribution is -2.21. The molecule has 0 saturated carbocycles. The number of benzene rings is 1. The Morgan fingerprint density at radius 1 is 1.33 bits per heavy atom. The molecule has 0 spiro atoms. The maximum Gasteiger partial charge on any atom is 0.277 e. The van der Waals surface area contributed by atoms with Crippen LogP contribution in [0.3, 0.4) is 0 Å². The van der Waals surface area contributed by atoms with Crippen LogP contribution in [0.4, 0.5) is 0 Å². The van der Waals surface area contributed by atoms with Crippen LogP contribution < -0.4 is 5.56 Å². The molecule has 0 aliphatic carbocycles. The van der Waals surface area contributed by atoms with E-state index >= 15 is 0 Å². The Hall–Kier alpha value is -1.42. The van der Waals surface area contributed by atoms with Crippen molar-refractivity contribution in [2.24, 2.45) is 12.5 Å². The molecule has 4 nitrogen and oxygen atoms in total. The van der Waals surface area contributed by atoms with Crippen molar-refractivity contribution in [2.45, 2.75) is 27.2 Å². The van der Waals surface area contributed by atoms with Gasteiger partial charge in [-0.15, -0.1) is 5.10 Å². The number of halogens is 1. The summed E-state index contributed by atoms with van der Waals surface area (Å²) in [7, 11) is 1.59. The van der Waals surface area contributed by atoms with Crippen molar-refractivity contribution in [3.63, 3.8) is 0 Å². The molecule has 2 rings (SSSR count). The minimum absolute atomic E-state index is 0.114. The van der Waals surface area contributed by atoms with Gasteiger partial charge in [-0.1, -0.05) is 37.6 Å². The van der Waals surface area contributed by atoms with Gasteiger partial charge < -0.3 is 0 Å². The summed E-state index contributed by atoms with van der Waals surface area (Å²) in [6.07, 6.45) is 0.813. The van der Waals surface area contributed by atoms with Crippen molar-refractivity contribution in [3.8, 4) is 0 Å². The Labute approximate surface area is 111 Å². The van der Waals surface area contributed by atoms with Gasteiger partial charge in [-0.05, 0) is 29.5 Å². The van der Waals surface area contributed by atoms with Gasteiger partial charge in [-0.3, -0.25) is 4.79 Å². The highest BCUT2D eigenvalue weighted by Gasteiger charge is 2.15. The molecular weight excluding hydrogens is 250 g/mol. The van der Waals surface area contributed by atoms with E-state index in [1.54, 1.807) is 13.1 Å². The number of rotatable bonds is 1. The first-order valence-corrected chi connectivity index (χ1v) is 6.18. The van der Waals surface area contributed by atoms with E-state index in [4.69, 9.17) is 11.6 Å². The van der Waals surface area contributed by atoms with Crippen LogP contribution in [0.15, 0.2) is 16.9 Å². The molecule has 1 aromatic heterocycles. The number of aryl methyl sites for hydroxylation is 1. The highest BCUT2D eigenvalue weighted by molar-refractivity contribution is 6.32. The number of hydrogen-bond donors (Lipinski definition) is 0. The molecule has 96 valence electrons. The van der Waals surface area contributed by atoms with Gasteiger partial charge in [0.05, 0.1) is 5.39 Å². The van der Waals surface area contributed by atoms with Gasteiger partial charge in [0.2, 0.25) is 0 Å². The second-order valence-corrected chi connectivity index (χ2v) is 6.12. The van der Waals surface area contributed by atoms with Crippen molar-refractivity contribution in [2.75, 3.05) is 0 Å². The molecule has 0 amide bonds. The molecule has 1 heterocycles. The fourth-order valence-electron chi connectivity index (χ4n) is 1.90. The number of aromatic nitrogens is 3. The van der Waals surface area contributed by atoms with Crippen LogP contribution in [0.5, 0.6) is 0 Å². The third-order valence-electron chi connectivity index (χ3n) is 2.70. The van der Waals surface area contributed by atoms with Crippen LogP contribution in [0.25, 0.3) is 10.9 Å². The molecule has 0 unspecified atom stereocenters. The summed E-state index contributed by atoms with van der Waals surface area (Å²) in [6, 6.07) is 3.55. The first-order valence-electron chi connectivity index (χ1n) is 5.80. The number of nitrogens with zero attached hydrogens (tertiary/aromatic N) is 3. The van der Waals surface area contributed by atoms with Gasteiger partial charge in [0, 0.05) is 12.1 Å². The lowest BCUT2D eigenvalue weighted by atomic mass is 9.88. The molecule has 0 atom stereocenters. The lowest BCUT2D eigenvalue weighted by molar-refractivity contribution is 0.411. The number of hydrogen-bond acceptors (Lipinski definition) is 3. The first-order chi connectivity index (χ1) is 8.28. The van der Waals surface area contributed by atoms with Crippen LogP contribution in [-0.2, 0) is 13.5 Å². The molecule has 0 aliphatic heterocycles. The lowest BCUT2D eigenvalue weighted by Gasteiger charge is -2.19. The summed E-state index contributed by atoms with van der Waals surface area (Å²) in [5.74, 6) is 0. The van der Waals surface area contributed by atoms with E-state index in [0.29, 0.717) is 15.9 Å². The van der Waals surface area contributed by atoms with E-state index in [-0.39, 0.29) is 11.0 Å². The predicted molar refractivity (Wildman–Crippen MR) is 72.9 cm³/mol. The Balaban J connectivity index is 2.67. The summed E-state index contributed by atoms with van der Waals surface area (Å²) in [6.45, 7) is 6.41. The predicted octanol–water partition coefficient (Wildman–Crippen LogP) is 2.57. The molecule has 0 fully saturated rings. The van der Waals surface area contributed by atoms with Crippen molar-refractivity contribution in [1.82, 2.24) is 15.0 Å². The van der Waals surface area contributed by atoms with Crippen LogP contribution in [0.1, 0.15) is 26.3 Å². The molecule has 0 N–H and O–H groups in total. The van der Waals surface area contributed by atoms with E-state index in [0.717, 1.165) is 12.0 Å². The van der Waals surface area contributed by atoms with Gasteiger partial charge in [0.25, 0.3) is 5.56 Å². The summed E-state index contributed by atoms with van der Waals surface area (Å²) in [4.78, 5) is 12.0. The average Bonchev–Trinajstić information content (AvgIpc) is 2.24. The van der Waals surface area contributed by atoms with Gasteiger partial charge in [0.15, 0.2) is 0 Å². The van der Waals surface area contributed by atoms with Crippen LogP contribution >= 0.6 is 11.6 Å². The molecule has 2 aromatic rings. The Bertz CT molecular complexity index is 656. The van der Waals surface area contributed by atoms with Crippen LogP contribution in [0, 0.1) is 5.41 Å². The summed E-state index contributed by atoms with van der Waals surface area (Å²) >= 11 is 6.22. The second kappa shape index (κ2) is 4.35. The zero-order valence-corrected chi connectivity index (χ0v) is 11.7. The first kappa shape index (κ1) is 13.0. The molecule has 18 heavy (non-hydrogen) atoms. The topological polar surface area (TPSA) is 47.8 Å². The van der Waals surface area contributed by atoms with Gasteiger partial charge in [-0.25, -0.2) is 4.68 Å². The SMILES string of the molecule is Cn1nnc2cc(Cl)c(CC(C)(C)C)cc2c1=O. The standard InChI is InChI=1S/C13H16ClN3O/c1-13(2,3)7-8-5-9-11(6-10(8)14)15-16-17(4)12(9)18/h5-6H,7H2,1-4H3. The smallest absolute Gasteiger partial charge is 0.267 e. The Morgan fingerprint density at radius 3 is 2.61 bits per heavy atom. The fourth-order valence-corrected chi connectivity index (χ4v) is 2.12. The normalized spacial score (nSPS) is 12.1. The van der Waals surface area contributed by atoms with Crippen molar-refractivity contribution >= 4 is 22.5 Å². The van der Waals surface area contributed by atoms with Crippen LogP contribution in [0.2, 0.25) is 5.02 Å². The number of fused-ring (bicyclic) bond motifs is 1. The van der Waals surface area contributed by atoms with E-state index in [1.165, 1.54) is 4.68 Å². The second-order valence-electron chi connectivity index (χ2n) is 5.72. The maximum atomic E-state index is 12.0. The quantitative estimate of drug-likeness (QED) is 0.796. The third kappa shape index (κ3) is 2.53. The van der Waals surface area contributed by atoms with Gasteiger partial charge in [0.1, 0.15) is 5.52 Å². The third-order valence-corrected chi connectivity index (χ3v) is 3.05. The molecule has 5 heteroatoms. The van der Waals surface area contributed by atoms with Gasteiger partial charge in [-0.2, -0.15) is 0 Å². The summed E-state index contributed by atoms with van der Waals surface area (Å²) < 4.78 is 1.23. The minimum atomic E-state index is -0.146. The van der Waals surface area contributed by atoms with Crippen molar-refractivity contribution < 1.29 is 0 Å². The molecular formula is C13H16ClN3O. The average molecular weight is 266 g/mol.